The molecule has 7 atom stereocenters. The number of nitrogens with zero attached hydrogens (tertiary/aromatic N) is 2. The fourth-order valence-electron chi connectivity index (χ4n) is 5.70. The van der Waals surface area contributed by atoms with Crippen LogP contribution in [0.4, 0.5) is 0 Å². The number of carbonyl (C=O) groups is 3. The normalized spacial score (nSPS) is 36.2. The molecule has 4 aliphatic rings. The first-order valence-electron chi connectivity index (χ1n) is 11.7. The summed E-state index contributed by atoms with van der Waals surface area (Å²) in [7, 11) is 0. The third-order valence-corrected chi connectivity index (χ3v) is 9.30. The Bertz CT molecular complexity index is 842. The minimum absolute atomic E-state index is 0.0114. The topological polar surface area (TPSA) is 87.2 Å². The molecule has 7 nitrogen and oxygen atoms in total. The van der Waals surface area contributed by atoms with Gasteiger partial charge in [-0.3, -0.25) is 14.4 Å². The molecule has 2 saturated heterocycles. The number of hydrogen-bond acceptors (Lipinski definition) is 6. The van der Waals surface area contributed by atoms with E-state index in [1.807, 2.05) is 52.0 Å². The number of esters is 1. The molecule has 2 fully saturated rings. The molecule has 1 spiro atoms. The standard InChI is InChI=1S/C24H34N2O5S/c1-5-15(4)16(13-27)26-20-22(29)25(14(2)3)11-8-10-24(20)19(21(26)28)18-17(32-24)9-6-7-12-31-23(18)30/h6,8-10,14-20,27H,5,7,11-13H2,1-4H3/t15-,16-,17-,18+,19-,20?,24-/m0/s1. The minimum Gasteiger partial charge on any atom is -0.465 e. The fourth-order valence-corrected chi connectivity index (χ4v) is 7.69. The summed E-state index contributed by atoms with van der Waals surface area (Å²) in [6, 6.07) is -1.27. The van der Waals surface area contributed by atoms with Crippen LogP contribution in [0.2, 0.25) is 0 Å². The summed E-state index contributed by atoms with van der Waals surface area (Å²) in [6.07, 6.45) is 9.40. The van der Waals surface area contributed by atoms with E-state index in [1.165, 1.54) is 0 Å². The van der Waals surface area contributed by atoms with Gasteiger partial charge < -0.3 is 19.6 Å². The maximum Gasteiger partial charge on any atom is 0.311 e. The summed E-state index contributed by atoms with van der Waals surface area (Å²) >= 11 is 1.54. The van der Waals surface area contributed by atoms with Gasteiger partial charge in [0.2, 0.25) is 11.8 Å². The van der Waals surface area contributed by atoms with Crippen molar-refractivity contribution in [2.75, 3.05) is 19.8 Å². The molecule has 4 aliphatic heterocycles. The quantitative estimate of drug-likeness (QED) is 0.497. The first-order valence-corrected chi connectivity index (χ1v) is 12.6. The highest BCUT2D eigenvalue weighted by Gasteiger charge is 2.72. The average Bonchev–Trinajstić information content (AvgIpc) is 3.12. The number of ether oxygens (including phenoxy) is 1. The second-order valence-electron chi connectivity index (χ2n) is 9.59. The van der Waals surface area contributed by atoms with Crippen LogP contribution in [0.15, 0.2) is 24.3 Å². The third-order valence-electron chi connectivity index (χ3n) is 7.56. The van der Waals surface area contributed by atoms with Gasteiger partial charge in [0.25, 0.3) is 0 Å². The minimum atomic E-state index is -0.859. The number of fused-ring (bicyclic) bond motifs is 2. The molecule has 0 aliphatic carbocycles. The number of thioether (sulfide) groups is 1. The molecule has 2 amide bonds. The van der Waals surface area contributed by atoms with Gasteiger partial charge in [-0.1, -0.05) is 44.6 Å². The molecule has 0 aromatic carbocycles. The van der Waals surface area contributed by atoms with Gasteiger partial charge in [-0.05, 0) is 26.2 Å². The molecule has 4 rings (SSSR count). The van der Waals surface area contributed by atoms with E-state index in [1.54, 1.807) is 21.6 Å². The highest BCUT2D eigenvalue weighted by molar-refractivity contribution is 8.02. The van der Waals surface area contributed by atoms with Crippen LogP contribution in [-0.4, -0.2) is 80.6 Å². The number of rotatable bonds is 5. The Morgan fingerprint density at radius 1 is 1.22 bits per heavy atom. The summed E-state index contributed by atoms with van der Waals surface area (Å²) in [4.78, 5) is 44.5. The summed E-state index contributed by atoms with van der Waals surface area (Å²) < 4.78 is 4.64. The molecule has 0 bridgehead atoms. The second kappa shape index (κ2) is 8.86. The van der Waals surface area contributed by atoms with Gasteiger partial charge >= 0.3 is 5.97 Å². The lowest BCUT2D eigenvalue weighted by Gasteiger charge is -2.41. The van der Waals surface area contributed by atoms with Crippen LogP contribution < -0.4 is 0 Å². The maximum absolute atomic E-state index is 14.1. The number of carbonyl (C=O) groups excluding carboxylic acids is 3. The van der Waals surface area contributed by atoms with Crippen LogP contribution in [0.5, 0.6) is 0 Å². The molecule has 0 aromatic heterocycles. The molecule has 32 heavy (non-hydrogen) atoms. The summed E-state index contributed by atoms with van der Waals surface area (Å²) in [6.45, 7) is 8.49. The number of likely N-dealkylation sites (tertiary alicyclic amines) is 1. The lowest BCUT2D eigenvalue weighted by atomic mass is 9.78. The zero-order chi connectivity index (χ0) is 23.2. The smallest absolute Gasteiger partial charge is 0.311 e. The van der Waals surface area contributed by atoms with Gasteiger partial charge in [0, 0.05) is 17.8 Å². The lowest BCUT2D eigenvalue weighted by Crippen LogP contribution is -2.58. The van der Waals surface area contributed by atoms with E-state index >= 15 is 0 Å². The van der Waals surface area contributed by atoms with Gasteiger partial charge in [0.05, 0.1) is 35.8 Å². The van der Waals surface area contributed by atoms with E-state index in [2.05, 4.69) is 0 Å². The molecule has 0 aromatic rings. The van der Waals surface area contributed by atoms with Gasteiger partial charge in [0.1, 0.15) is 6.04 Å². The van der Waals surface area contributed by atoms with Crippen LogP contribution in [0, 0.1) is 17.8 Å². The zero-order valence-electron chi connectivity index (χ0n) is 19.3. The number of aliphatic hydroxyl groups excluding tert-OH is 1. The highest BCUT2D eigenvalue weighted by atomic mass is 32.2. The zero-order valence-corrected chi connectivity index (χ0v) is 20.1. The molecule has 1 unspecified atom stereocenters. The van der Waals surface area contributed by atoms with Crippen LogP contribution in [-0.2, 0) is 19.1 Å². The Kier molecular flexibility index (Phi) is 6.47. The monoisotopic (exact) mass is 462 g/mol. The van der Waals surface area contributed by atoms with Crippen molar-refractivity contribution in [2.45, 2.75) is 68.7 Å². The van der Waals surface area contributed by atoms with Crippen LogP contribution >= 0.6 is 11.8 Å². The van der Waals surface area contributed by atoms with Crippen molar-refractivity contribution in [3.63, 3.8) is 0 Å². The van der Waals surface area contributed by atoms with Crippen molar-refractivity contribution in [2.24, 2.45) is 17.8 Å². The summed E-state index contributed by atoms with van der Waals surface area (Å²) in [5, 5.41) is 10.1. The molecule has 8 heteroatoms. The number of amides is 2. The van der Waals surface area contributed by atoms with E-state index < -0.39 is 28.7 Å². The Morgan fingerprint density at radius 3 is 2.62 bits per heavy atom. The van der Waals surface area contributed by atoms with E-state index in [-0.39, 0.29) is 41.6 Å². The second-order valence-corrected chi connectivity index (χ2v) is 11.1. The number of aliphatic hydroxyl groups is 1. The van der Waals surface area contributed by atoms with E-state index in [9.17, 15) is 19.5 Å². The van der Waals surface area contributed by atoms with Crippen molar-refractivity contribution in [1.29, 1.82) is 0 Å². The fraction of sp³-hybridized carbons (Fsp3) is 0.708. The molecular weight excluding hydrogens is 428 g/mol. The summed E-state index contributed by atoms with van der Waals surface area (Å²) in [5.41, 5.74) is 0. The van der Waals surface area contributed by atoms with Gasteiger partial charge in [-0.15, -0.1) is 11.8 Å². The number of hydrogen-bond donors (Lipinski definition) is 1. The van der Waals surface area contributed by atoms with Gasteiger partial charge in [-0.2, -0.15) is 0 Å². The first kappa shape index (κ1) is 23.4. The van der Waals surface area contributed by atoms with Crippen LogP contribution in [0.3, 0.4) is 0 Å². The largest absolute Gasteiger partial charge is 0.465 e. The van der Waals surface area contributed by atoms with Crippen LogP contribution in [0.1, 0.15) is 40.5 Å². The van der Waals surface area contributed by atoms with E-state index in [0.717, 1.165) is 6.42 Å². The Balaban J connectivity index is 1.88. The summed E-state index contributed by atoms with van der Waals surface area (Å²) in [5.74, 6) is -2.01. The van der Waals surface area contributed by atoms with Crippen LogP contribution in [0.25, 0.3) is 0 Å². The van der Waals surface area contributed by atoms with Crippen molar-refractivity contribution >= 4 is 29.5 Å². The predicted molar refractivity (Wildman–Crippen MR) is 123 cm³/mol. The predicted octanol–water partition coefficient (Wildman–Crippen LogP) is 2.00. The molecule has 0 radical (unpaired) electrons. The molecular formula is C24H34N2O5S. The first-order chi connectivity index (χ1) is 15.3. The lowest BCUT2D eigenvalue weighted by molar-refractivity contribution is -0.154. The highest BCUT2D eigenvalue weighted by Crippen LogP contribution is 2.61. The molecule has 4 heterocycles. The van der Waals surface area contributed by atoms with E-state index in [4.69, 9.17) is 4.74 Å². The molecule has 0 saturated carbocycles. The average molecular weight is 463 g/mol. The van der Waals surface area contributed by atoms with Gasteiger partial charge in [0.15, 0.2) is 0 Å². The Morgan fingerprint density at radius 2 is 1.97 bits per heavy atom. The molecule has 176 valence electrons. The maximum atomic E-state index is 14.1. The third kappa shape index (κ3) is 3.41. The van der Waals surface area contributed by atoms with Gasteiger partial charge in [-0.25, -0.2) is 0 Å². The van der Waals surface area contributed by atoms with Crippen molar-refractivity contribution < 1.29 is 24.2 Å². The van der Waals surface area contributed by atoms with Crippen molar-refractivity contribution in [3.8, 4) is 0 Å². The Labute approximate surface area is 194 Å². The Hall–Kier alpha value is -1.80. The SMILES string of the molecule is CC[C@H](C)[C@H](CO)N1C(=O)[C@@H]2[C@@H]3C(=O)OCCC=C[C@@H]3S[C@@]23C=CCN(C(C)C)C(=O)C13. The van der Waals surface area contributed by atoms with Crippen molar-refractivity contribution in [3.05, 3.63) is 24.3 Å². The molecule has 1 N–H and O–H groups in total. The number of cyclic esters (lactones) is 1. The van der Waals surface area contributed by atoms with E-state index in [0.29, 0.717) is 19.6 Å². The van der Waals surface area contributed by atoms with Crippen molar-refractivity contribution in [1.82, 2.24) is 9.80 Å².